The standard InChI is InChI=1S/C14H14FN5O/c1-9-4-10(6-11(15)5-9)13-18-14(21-19-13)12-7-20(3-2-16)8-17-12/h4-8H,2-3,16H2,1H3. The highest BCUT2D eigenvalue weighted by Gasteiger charge is 2.13. The molecule has 0 saturated carbocycles. The molecule has 0 aliphatic heterocycles. The molecule has 2 N–H and O–H groups in total. The zero-order chi connectivity index (χ0) is 14.8. The summed E-state index contributed by atoms with van der Waals surface area (Å²) >= 11 is 0. The maximum absolute atomic E-state index is 13.4. The minimum absolute atomic E-state index is 0.294. The van der Waals surface area contributed by atoms with Gasteiger partial charge in [-0.15, -0.1) is 0 Å². The van der Waals surface area contributed by atoms with Crippen LogP contribution in [0.2, 0.25) is 0 Å². The average Bonchev–Trinajstić information content (AvgIpc) is 3.06. The van der Waals surface area contributed by atoms with E-state index in [1.54, 1.807) is 18.6 Å². The van der Waals surface area contributed by atoms with Gasteiger partial charge in [-0.3, -0.25) is 0 Å². The van der Waals surface area contributed by atoms with Crippen LogP contribution in [0, 0.1) is 12.7 Å². The zero-order valence-corrected chi connectivity index (χ0v) is 11.5. The van der Waals surface area contributed by atoms with Gasteiger partial charge in [-0.2, -0.15) is 4.98 Å². The molecule has 2 aromatic heterocycles. The summed E-state index contributed by atoms with van der Waals surface area (Å²) in [7, 11) is 0. The van der Waals surface area contributed by atoms with Gasteiger partial charge < -0.3 is 14.8 Å². The number of aromatic nitrogens is 4. The van der Waals surface area contributed by atoms with E-state index in [2.05, 4.69) is 15.1 Å². The Labute approximate surface area is 120 Å². The molecule has 2 heterocycles. The second-order valence-corrected chi connectivity index (χ2v) is 4.73. The SMILES string of the molecule is Cc1cc(F)cc(-c2noc(-c3cn(CCN)cn3)n2)c1. The molecule has 0 aliphatic rings. The van der Waals surface area contributed by atoms with E-state index in [-0.39, 0.29) is 5.82 Å². The molecule has 0 radical (unpaired) electrons. The van der Waals surface area contributed by atoms with Gasteiger partial charge in [0.15, 0.2) is 0 Å². The summed E-state index contributed by atoms with van der Waals surface area (Å²) in [5.41, 5.74) is 7.41. The van der Waals surface area contributed by atoms with Crippen LogP contribution in [0.15, 0.2) is 35.2 Å². The Morgan fingerprint density at radius 2 is 2.19 bits per heavy atom. The summed E-state index contributed by atoms with van der Waals surface area (Å²) < 4.78 is 20.4. The van der Waals surface area contributed by atoms with Crippen LogP contribution in [0.3, 0.4) is 0 Å². The maximum atomic E-state index is 13.4. The van der Waals surface area contributed by atoms with Crippen LogP contribution >= 0.6 is 0 Å². The molecule has 108 valence electrons. The van der Waals surface area contributed by atoms with Gasteiger partial charge in [-0.05, 0) is 30.7 Å². The van der Waals surface area contributed by atoms with Crippen molar-refractivity contribution in [1.29, 1.82) is 0 Å². The Hall–Kier alpha value is -2.54. The van der Waals surface area contributed by atoms with Crippen molar-refractivity contribution in [2.45, 2.75) is 13.5 Å². The summed E-state index contributed by atoms with van der Waals surface area (Å²) in [6.07, 6.45) is 3.43. The molecular formula is C14H14FN5O. The number of halogens is 1. The first kappa shape index (κ1) is 13.4. The number of nitrogens with zero attached hydrogens (tertiary/aromatic N) is 4. The molecular weight excluding hydrogens is 273 g/mol. The lowest BCUT2D eigenvalue weighted by Gasteiger charge is -1.97. The van der Waals surface area contributed by atoms with Crippen LogP contribution < -0.4 is 5.73 Å². The van der Waals surface area contributed by atoms with E-state index in [0.29, 0.717) is 36.1 Å². The van der Waals surface area contributed by atoms with Crippen LogP contribution in [0.4, 0.5) is 4.39 Å². The second kappa shape index (κ2) is 5.45. The smallest absolute Gasteiger partial charge is 0.278 e. The topological polar surface area (TPSA) is 82.8 Å². The van der Waals surface area contributed by atoms with E-state index < -0.39 is 0 Å². The normalized spacial score (nSPS) is 11.0. The van der Waals surface area contributed by atoms with E-state index in [9.17, 15) is 4.39 Å². The molecule has 6 nitrogen and oxygen atoms in total. The highest BCUT2D eigenvalue weighted by Crippen LogP contribution is 2.22. The number of benzene rings is 1. The maximum Gasteiger partial charge on any atom is 0.278 e. The van der Waals surface area contributed by atoms with Gasteiger partial charge in [-0.25, -0.2) is 9.37 Å². The van der Waals surface area contributed by atoms with Crippen LogP contribution in [-0.2, 0) is 6.54 Å². The van der Waals surface area contributed by atoms with Crippen LogP contribution in [-0.4, -0.2) is 26.2 Å². The number of hydrogen-bond acceptors (Lipinski definition) is 5. The minimum Gasteiger partial charge on any atom is -0.335 e. The van der Waals surface area contributed by atoms with Crippen molar-refractivity contribution in [3.8, 4) is 23.0 Å². The van der Waals surface area contributed by atoms with E-state index in [0.717, 1.165) is 5.56 Å². The third kappa shape index (κ3) is 2.82. The summed E-state index contributed by atoms with van der Waals surface area (Å²) in [6.45, 7) is 2.99. The van der Waals surface area contributed by atoms with E-state index >= 15 is 0 Å². The van der Waals surface area contributed by atoms with Gasteiger partial charge in [0.2, 0.25) is 5.82 Å². The summed E-state index contributed by atoms with van der Waals surface area (Å²) in [5.74, 6) is 0.298. The summed E-state index contributed by atoms with van der Waals surface area (Å²) in [4.78, 5) is 8.44. The Balaban J connectivity index is 1.91. The van der Waals surface area contributed by atoms with Crippen molar-refractivity contribution in [2.75, 3.05) is 6.54 Å². The van der Waals surface area contributed by atoms with Gasteiger partial charge in [0.05, 0.1) is 6.33 Å². The van der Waals surface area contributed by atoms with Gasteiger partial charge in [0.1, 0.15) is 11.5 Å². The molecule has 1 aromatic carbocycles. The first-order chi connectivity index (χ1) is 10.2. The largest absolute Gasteiger partial charge is 0.335 e. The molecule has 0 aliphatic carbocycles. The molecule has 0 fully saturated rings. The molecule has 0 amide bonds. The molecule has 0 saturated heterocycles. The predicted octanol–water partition coefficient (Wildman–Crippen LogP) is 2.01. The fraction of sp³-hybridized carbons (Fsp3) is 0.214. The number of hydrogen-bond donors (Lipinski definition) is 1. The monoisotopic (exact) mass is 287 g/mol. The number of rotatable bonds is 4. The van der Waals surface area contributed by atoms with Gasteiger partial charge in [-0.1, -0.05) is 5.16 Å². The van der Waals surface area contributed by atoms with Crippen molar-refractivity contribution in [3.63, 3.8) is 0 Å². The van der Waals surface area contributed by atoms with Gasteiger partial charge in [0.25, 0.3) is 5.89 Å². The van der Waals surface area contributed by atoms with E-state index in [4.69, 9.17) is 10.3 Å². The lowest BCUT2D eigenvalue weighted by atomic mass is 10.1. The zero-order valence-electron chi connectivity index (χ0n) is 11.5. The molecule has 0 bridgehead atoms. The Morgan fingerprint density at radius 3 is 2.95 bits per heavy atom. The first-order valence-electron chi connectivity index (χ1n) is 6.49. The van der Waals surface area contributed by atoms with Crippen molar-refractivity contribution in [2.24, 2.45) is 5.73 Å². The molecule has 0 atom stereocenters. The Bertz CT molecular complexity index is 744. The lowest BCUT2D eigenvalue weighted by Crippen LogP contribution is -2.07. The average molecular weight is 287 g/mol. The molecule has 0 unspecified atom stereocenters. The van der Waals surface area contributed by atoms with E-state index in [1.807, 2.05) is 11.5 Å². The molecule has 21 heavy (non-hydrogen) atoms. The van der Waals surface area contributed by atoms with Gasteiger partial charge in [0, 0.05) is 24.8 Å². The third-order valence-corrected chi connectivity index (χ3v) is 2.97. The van der Waals surface area contributed by atoms with Crippen LogP contribution in [0.25, 0.3) is 23.0 Å². The van der Waals surface area contributed by atoms with Crippen molar-refractivity contribution >= 4 is 0 Å². The van der Waals surface area contributed by atoms with Crippen LogP contribution in [0.1, 0.15) is 5.56 Å². The molecule has 0 spiro atoms. The number of aryl methyl sites for hydroxylation is 1. The van der Waals surface area contributed by atoms with Crippen molar-refractivity contribution < 1.29 is 8.91 Å². The summed E-state index contributed by atoms with van der Waals surface area (Å²) in [5, 5.41) is 3.87. The Kier molecular flexibility index (Phi) is 3.49. The quantitative estimate of drug-likeness (QED) is 0.793. The number of nitrogens with two attached hydrogens (primary N) is 1. The fourth-order valence-electron chi connectivity index (χ4n) is 2.05. The highest BCUT2D eigenvalue weighted by atomic mass is 19.1. The Morgan fingerprint density at radius 1 is 1.33 bits per heavy atom. The third-order valence-electron chi connectivity index (χ3n) is 2.97. The molecule has 3 aromatic rings. The van der Waals surface area contributed by atoms with E-state index in [1.165, 1.54) is 12.1 Å². The molecule has 3 rings (SSSR count). The summed E-state index contributed by atoms with van der Waals surface area (Å²) in [6, 6.07) is 4.61. The predicted molar refractivity (Wildman–Crippen MR) is 74.7 cm³/mol. The number of imidazole rings is 1. The lowest BCUT2D eigenvalue weighted by molar-refractivity contribution is 0.431. The molecule has 7 heteroatoms. The van der Waals surface area contributed by atoms with Crippen molar-refractivity contribution in [1.82, 2.24) is 19.7 Å². The highest BCUT2D eigenvalue weighted by molar-refractivity contribution is 5.58. The second-order valence-electron chi connectivity index (χ2n) is 4.73. The van der Waals surface area contributed by atoms with Crippen molar-refractivity contribution in [3.05, 3.63) is 42.1 Å². The van der Waals surface area contributed by atoms with Crippen LogP contribution in [0.5, 0.6) is 0 Å². The van der Waals surface area contributed by atoms with Gasteiger partial charge >= 0.3 is 0 Å². The fourth-order valence-corrected chi connectivity index (χ4v) is 2.05. The minimum atomic E-state index is -0.330. The first-order valence-corrected chi connectivity index (χ1v) is 6.49.